The number of para-hydroxylation sites is 3. The van der Waals surface area contributed by atoms with Crippen molar-refractivity contribution < 1.29 is 22.7 Å². The lowest BCUT2D eigenvalue weighted by Crippen LogP contribution is -2.50. The van der Waals surface area contributed by atoms with E-state index in [9.17, 15) is 13.2 Å². The van der Waals surface area contributed by atoms with Crippen LogP contribution in [0.5, 0.6) is 11.5 Å². The summed E-state index contributed by atoms with van der Waals surface area (Å²) in [5, 5.41) is 0. The van der Waals surface area contributed by atoms with Crippen molar-refractivity contribution in [2.75, 3.05) is 31.3 Å². The number of ether oxygens (including phenoxy) is 2. The van der Waals surface area contributed by atoms with Crippen LogP contribution in [0, 0.1) is 0 Å². The van der Waals surface area contributed by atoms with Gasteiger partial charge >= 0.3 is 0 Å². The molecule has 2 aromatic carbocycles. The first kappa shape index (κ1) is 19.0. The number of rotatable bonds is 5. The van der Waals surface area contributed by atoms with E-state index in [1.165, 1.54) is 9.21 Å². The third-order valence-corrected chi connectivity index (χ3v) is 5.53. The number of benzene rings is 2. The Hall–Kier alpha value is -2.74. The highest BCUT2D eigenvalue weighted by atomic mass is 32.2. The molecule has 0 radical (unpaired) electrons. The van der Waals surface area contributed by atoms with Crippen molar-refractivity contribution in [2.45, 2.75) is 12.6 Å². The molecule has 0 unspecified atom stereocenters. The number of amides is 1. The summed E-state index contributed by atoms with van der Waals surface area (Å²) in [6.07, 6.45) is 0.198. The monoisotopic (exact) mass is 390 g/mol. The molecular weight excluding hydrogens is 368 g/mol. The predicted octanol–water partition coefficient (Wildman–Crippen LogP) is 1.88. The van der Waals surface area contributed by atoms with Gasteiger partial charge in [0.2, 0.25) is 10.0 Å². The minimum Gasteiger partial charge on any atom is -0.496 e. The van der Waals surface area contributed by atoms with Crippen molar-refractivity contribution >= 4 is 21.6 Å². The maximum absolute atomic E-state index is 12.9. The van der Waals surface area contributed by atoms with Gasteiger partial charge in [-0.05, 0) is 18.2 Å². The van der Waals surface area contributed by atoms with Gasteiger partial charge in [0.05, 0.1) is 25.6 Å². The third-order valence-electron chi connectivity index (χ3n) is 4.39. The van der Waals surface area contributed by atoms with E-state index >= 15 is 0 Å². The van der Waals surface area contributed by atoms with Gasteiger partial charge in [-0.15, -0.1) is 0 Å². The van der Waals surface area contributed by atoms with Crippen LogP contribution in [0.2, 0.25) is 0 Å². The first-order valence-electron chi connectivity index (χ1n) is 8.41. The van der Waals surface area contributed by atoms with Crippen LogP contribution in [0.4, 0.5) is 5.69 Å². The van der Waals surface area contributed by atoms with Gasteiger partial charge in [0, 0.05) is 19.2 Å². The molecule has 1 aliphatic rings. The number of carbonyl (C=O) groups is 1. The van der Waals surface area contributed by atoms with E-state index in [4.69, 9.17) is 9.47 Å². The van der Waals surface area contributed by atoms with Crippen LogP contribution in [0.25, 0.3) is 0 Å². The second kappa shape index (κ2) is 7.48. The molecule has 0 spiro atoms. The second-order valence-corrected chi connectivity index (χ2v) is 8.28. The van der Waals surface area contributed by atoms with Gasteiger partial charge in [-0.25, -0.2) is 8.42 Å². The summed E-state index contributed by atoms with van der Waals surface area (Å²) in [5.74, 6) is 0.757. The van der Waals surface area contributed by atoms with Gasteiger partial charge in [-0.2, -0.15) is 0 Å². The van der Waals surface area contributed by atoms with E-state index in [1.54, 1.807) is 38.4 Å². The molecule has 0 fully saturated rings. The zero-order valence-electron chi connectivity index (χ0n) is 15.5. The van der Waals surface area contributed by atoms with E-state index in [0.717, 1.165) is 11.8 Å². The average molecular weight is 390 g/mol. The topological polar surface area (TPSA) is 76.2 Å². The fourth-order valence-corrected chi connectivity index (χ4v) is 3.97. The number of sulfonamides is 1. The number of anilines is 1. The standard InChI is InChI=1S/C19H22N2O5S/c1-20(12-14-8-4-6-10-16(14)25-2)19(22)18-13-21(27(3,23)24)15-9-5-7-11-17(15)26-18/h4-11,18H,12-13H2,1-3H3/t18-/m1/s1. The molecule has 0 aliphatic carbocycles. The zero-order chi connectivity index (χ0) is 19.6. The lowest BCUT2D eigenvalue weighted by molar-refractivity contribution is -0.137. The van der Waals surface area contributed by atoms with Gasteiger partial charge < -0.3 is 14.4 Å². The van der Waals surface area contributed by atoms with Crippen LogP contribution in [-0.2, 0) is 21.4 Å². The molecule has 0 N–H and O–H groups in total. The minimum atomic E-state index is -3.54. The number of hydrogen-bond acceptors (Lipinski definition) is 5. The molecule has 0 saturated carbocycles. The minimum absolute atomic E-state index is 0.0645. The van der Waals surface area contributed by atoms with Crippen LogP contribution in [0.3, 0.4) is 0 Å². The Morgan fingerprint density at radius 3 is 2.59 bits per heavy atom. The van der Waals surface area contributed by atoms with Crippen molar-refractivity contribution in [3.63, 3.8) is 0 Å². The molecule has 0 saturated heterocycles. The number of hydrogen-bond donors (Lipinski definition) is 0. The van der Waals surface area contributed by atoms with Crippen LogP contribution in [0.15, 0.2) is 48.5 Å². The molecule has 1 amide bonds. The van der Waals surface area contributed by atoms with E-state index in [2.05, 4.69) is 0 Å². The lowest BCUT2D eigenvalue weighted by Gasteiger charge is -2.35. The van der Waals surface area contributed by atoms with Crippen molar-refractivity contribution in [3.05, 3.63) is 54.1 Å². The highest BCUT2D eigenvalue weighted by Crippen LogP contribution is 2.35. The molecule has 3 rings (SSSR count). The summed E-state index contributed by atoms with van der Waals surface area (Å²) in [6, 6.07) is 14.2. The Balaban J connectivity index is 1.83. The van der Waals surface area contributed by atoms with Gasteiger partial charge in [0.1, 0.15) is 11.5 Å². The van der Waals surface area contributed by atoms with Crippen molar-refractivity contribution in [3.8, 4) is 11.5 Å². The molecular formula is C19H22N2O5S. The summed E-state index contributed by atoms with van der Waals surface area (Å²) in [4.78, 5) is 14.4. The summed E-state index contributed by atoms with van der Waals surface area (Å²) in [6.45, 7) is 0.258. The molecule has 1 atom stereocenters. The van der Waals surface area contributed by atoms with Crippen LogP contribution < -0.4 is 13.8 Å². The quantitative estimate of drug-likeness (QED) is 0.779. The molecule has 0 aromatic heterocycles. The number of carbonyl (C=O) groups excluding carboxylic acids is 1. The van der Waals surface area contributed by atoms with Gasteiger partial charge in [0.25, 0.3) is 5.91 Å². The molecule has 27 heavy (non-hydrogen) atoms. The fourth-order valence-electron chi connectivity index (χ4n) is 3.06. The predicted molar refractivity (Wildman–Crippen MR) is 103 cm³/mol. The Kier molecular flexibility index (Phi) is 5.27. The molecule has 1 heterocycles. The fraction of sp³-hybridized carbons (Fsp3) is 0.316. The van der Waals surface area contributed by atoms with E-state index < -0.39 is 16.1 Å². The Morgan fingerprint density at radius 2 is 1.89 bits per heavy atom. The highest BCUT2D eigenvalue weighted by Gasteiger charge is 2.36. The van der Waals surface area contributed by atoms with Crippen molar-refractivity contribution in [1.29, 1.82) is 0 Å². The molecule has 2 aromatic rings. The third kappa shape index (κ3) is 4.00. The molecule has 8 heteroatoms. The Morgan fingerprint density at radius 1 is 1.22 bits per heavy atom. The summed E-state index contributed by atoms with van der Waals surface area (Å²) in [7, 11) is -0.307. The number of nitrogens with zero attached hydrogens (tertiary/aromatic N) is 2. The van der Waals surface area contributed by atoms with Gasteiger partial charge in [-0.1, -0.05) is 30.3 Å². The molecule has 1 aliphatic heterocycles. The van der Waals surface area contributed by atoms with Crippen LogP contribution in [0.1, 0.15) is 5.56 Å². The number of likely N-dealkylation sites (N-methyl/N-ethyl adjacent to an activating group) is 1. The number of methoxy groups -OCH3 is 1. The summed E-state index contributed by atoms with van der Waals surface area (Å²) in [5.41, 5.74) is 1.29. The number of fused-ring (bicyclic) bond motifs is 1. The van der Waals surface area contributed by atoms with E-state index in [1.807, 2.05) is 24.3 Å². The van der Waals surface area contributed by atoms with Crippen molar-refractivity contribution in [1.82, 2.24) is 4.90 Å². The van der Waals surface area contributed by atoms with Gasteiger partial charge in [-0.3, -0.25) is 9.10 Å². The first-order chi connectivity index (χ1) is 12.8. The zero-order valence-corrected chi connectivity index (χ0v) is 16.3. The van der Waals surface area contributed by atoms with Gasteiger partial charge in [0.15, 0.2) is 6.10 Å². The lowest BCUT2D eigenvalue weighted by atomic mass is 10.1. The van der Waals surface area contributed by atoms with Crippen molar-refractivity contribution in [2.24, 2.45) is 0 Å². The second-order valence-electron chi connectivity index (χ2n) is 6.37. The normalized spacial score (nSPS) is 16.3. The summed E-state index contributed by atoms with van der Waals surface area (Å²) < 4.78 is 36.7. The smallest absolute Gasteiger partial charge is 0.265 e. The molecule has 7 nitrogen and oxygen atoms in total. The van der Waals surface area contributed by atoms with Crippen LogP contribution >= 0.6 is 0 Å². The summed E-state index contributed by atoms with van der Waals surface area (Å²) >= 11 is 0. The highest BCUT2D eigenvalue weighted by molar-refractivity contribution is 7.92. The first-order valence-corrected chi connectivity index (χ1v) is 10.3. The van der Waals surface area contributed by atoms with Crippen LogP contribution in [-0.4, -0.2) is 52.3 Å². The largest absolute Gasteiger partial charge is 0.496 e. The van der Waals surface area contributed by atoms with E-state index in [0.29, 0.717) is 23.7 Å². The molecule has 0 bridgehead atoms. The SMILES string of the molecule is COc1ccccc1CN(C)C(=O)[C@H]1CN(S(C)(=O)=O)c2ccccc2O1. The maximum Gasteiger partial charge on any atom is 0.265 e. The molecule has 144 valence electrons. The van der Waals surface area contributed by atoms with E-state index in [-0.39, 0.29) is 12.5 Å². The Labute approximate surface area is 159 Å². The Bertz CT molecular complexity index is 945. The maximum atomic E-state index is 12.9. The average Bonchev–Trinajstić information content (AvgIpc) is 2.66.